The molecule has 158 valence electrons. The SMILES string of the molecule is CN1CC(=O)N(CCCC(=O)Nc2ccc(S(=O)(=O)N3CCCCC3)cc2)C1=O. The molecule has 2 heterocycles. The Kier molecular flexibility index (Phi) is 6.53. The van der Waals surface area contributed by atoms with E-state index in [9.17, 15) is 22.8 Å². The fourth-order valence-corrected chi connectivity index (χ4v) is 4.99. The van der Waals surface area contributed by atoms with Gasteiger partial charge in [-0.15, -0.1) is 0 Å². The van der Waals surface area contributed by atoms with Crippen molar-refractivity contribution in [1.82, 2.24) is 14.1 Å². The average Bonchev–Trinajstić information content (AvgIpc) is 2.95. The molecule has 2 aliphatic rings. The lowest BCUT2D eigenvalue weighted by Gasteiger charge is -2.25. The maximum Gasteiger partial charge on any atom is 0.326 e. The third kappa shape index (κ3) is 4.94. The van der Waals surface area contributed by atoms with Crippen LogP contribution in [-0.4, -0.2) is 73.6 Å². The van der Waals surface area contributed by atoms with Crippen LogP contribution in [0.25, 0.3) is 0 Å². The first kappa shape index (κ1) is 21.3. The Bertz CT molecular complexity index is 878. The van der Waals surface area contributed by atoms with Crippen LogP contribution in [0.2, 0.25) is 0 Å². The van der Waals surface area contributed by atoms with Crippen molar-refractivity contribution in [3.8, 4) is 0 Å². The minimum absolute atomic E-state index is 0.0672. The number of sulfonamides is 1. The van der Waals surface area contributed by atoms with Gasteiger partial charge in [0.05, 0.1) is 4.90 Å². The molecule has 0 bridgehead atoms. The zero-order valence-corrected chi connectivity index (χ0v) is 17.3. The summed E-state index contributed by atoms with van der Waals surface area (Å²) in [5.74, 6) is -0.521. The van der Waals surface area contributed by atoms with Gasteiger partial charge in [-0.3, -0.25) is 14.5 Å². The lowest BCUT2D eigenvalue weighted by molar-refractivity contribution is -0.125. The van der Waals surface area contributed by atoms with Crippen LogP contribution in [0, 0.1) is 0 Å². The Morgan fingerprint density at radius 1 is 1.07 bits per heavy atom. The molecule has 0 saturated carbocycles. The van der Waals surface area contributed by atoms with Crippen molar-refractivity contribution in [2.75, 3.05) is 38.5 Å². The normalized spacial score (nSPS) is 18.4. The highest BCUT2D eigenvalue weighted by Gasteiger charge is 2.32. The van der Waals surface area contributed by atoms with Crippen molar-refractivity contribution in [2.24, 2.45) is 0 Å². The number of likely N-dealkylation sites (N-methyl/N-ethyl adjacent to an activating group) is 1. The number of urea groups is 1. The topological polar surface area (TPSA) is 107 Å². The number of nitrogens with zero attached hydrogens (tertiary/aromatic N) is 3. The summed E-state index contributed by atoms with van der Waals surface area (Å²) >= 11 is 0. The standard InChI is InChI=1S/C19H26N4O5S/c1-21-14-18(25)23(19(21)26)13-5-6-17(24)20-15-7-9-16(10-8-15)29(27,28)22-11-3-2-4-12-22/h7-10H,2-6,11-14H2,1H3,(H,20,24). The van der Waals surface area contributed by atoms with Crippen LogP contribution in [0.4, 0.5) is 10.5 Å². The smallest absolute Gasteiger partial charge is 0.326 e. The number of imide groups is 1. The number of piperidine rings is 1. The molecule has 0 aliphatic carbocycles. The third-order valence-corrected chi connectivity index (χ3v) is 7.02. The average molecular weight is 423 g/mol. The Labute approximate surface area is 170 Å². The van der Waals surface area contributed by atoms with Gasteiger partial charge >= 0.3 is 6.03 Å². The fraction of sp³-hybridized carbons (Fsp3) is 0.526. The van der Waals surface area contributed by atoms with Gasteiger partial charge in [0.15, 0.2) is 0 Å². The molecule has 0 unspecified atom stereocenters. The van der Waals surface area contributed by atoms with Gasteiger partial charge in [0.25, 0.3) is 0 Å². The van der Waals surface area contributed by atoms with E-state index in [2.05, 4.69) is 5.32 Å². The van der Waals surface area contributed by atoms with E-state index in [-0.39, 0.29) is 42.3 Å². The zero-order valence-electron chi connectivity index (χ0n) is 16.5. The molecule has 2 saturated heterocycles. The maximum absolute atomic E-state index is 12.6. The van der Waals surface area contributed by atoms with E-state index < -0.39 is 10.0 Å². The van der Waals surface area contributed by atoms with Crippen LogP contribution in [0.15, 0.2) is 29.2 Å². The molecule has 1 N–H and O–H groups in total. The Hall–Kier alpha value is -2.46. The van der Waals surface area contributed by atoms with Crippen LogP contribution in [0.5, 0.6) is 0 Å². The number of hydrogen-bond donors (Lipinski definition) is 1. The number of amides is 4. The van der Waals surface area contributed by atoms with E-state index in [4.69, 9.17) is 0 Å². The molecule has 9 nitrogen and oxygen atoms in total. The second-order valence-corrected chi connectivity index (χ2v) is 9.26. The van der Waals surface area contributed by atoms with Crippen LogP contribution < -0.4 is 5.32 Å². The molecule has 0 atom stereocenters. The molecule has 0 radical (unpaired) electrons. The van der Waals surface area contributed by atoms with E-state index in [1.54, 1.807) is 19.2 Å². The Morgan fingerprint density at radius 3 is 2.31 bits per heavy atom. The lowest BCUT2D eigenvalue weighted by atomic mass is 10.2. The minimum atomic E-state index is -3.50. The summed E-state index contributed by atoms with van der Waals surface area (Å²) in [6.45, 7) is 1.34. The van der Waals surface area contributed by atoms with E-state index in [1.165, 1.54) is 21.3 Å². The Morgan fingerprint density at radius 2 is 1.72 bits per heavy atom. The zero-order chi connectivity index (χ0) is 21.0. The third-order valence-electron chi connectivity index (χ3n) is 5.11. The number of carbonyl (C=O) groups excluding carboxylic acids is 3. The molecule has 0 spiro atoms. The number of rotatable bonds is 7. The fourth-order valence-electron chi connectivity index (χ4n) is 3.47. The highest BCUT2D eigenvalue weighted by atomic mass is 32.2. The summed E-state index contributed by atoms with van der Waals surface area (Å²) in [5.41, 5.74) is 0.501. The van der Waals surface area contributed by atoms with Crippen LogP contribution >= 0.6 is 0 Å². The number of benzene rings is 1. The molecule has 2 aliphatic heterocycles. The largest absolute Gasteiger partial charge is 0.326 e. The number of carbonyl (C=O) groups is 3. The maximum atomic E-state index is 12.6. The first-order valence-corrected chi connectivity index (χ1v) is 11.2. The van der Waals surface area contributed by atoms with Crippen molar-refractivity contribution >= 4 is 33.6 Å². The van der Waals surface area contributed by atoms with Crippen molar-refractivity contribution in [3.63, 3.8) is 0 Å². The van der Waals surface area contributed by atoms with Gasteiger partial charge < -0.3 is 10.2 Å². The molecule has 29 heavy (non-hydrogen) atoms. The molecule has 0 aromatic heterocycles. The van der Waals surface area contributed by atoms with Crippen molar-refractivity contribution in [2.45, 2.75) is 37.0 Å². The van der Waals surface area contributed by atoms with Gasteiger partial charge in [-0.25, -0.2) is 13.2 Å². The minimum Gasteiger partial charge on any atom is -0.326 e. The predicted molar refractivity (Wildman–Crippen MR) is 107 cm³/mol. The van der Waals surface area contributed by atoms with E-state index in [1.807, 2.05) is 0 Å². The van der Waals surface area contributed by atoms with Gasteiger partial charge in [-0.1, -0.05) is 6.42 Å². The van der Waals surface area contributed by atoms with Crippen molar-refractivity contribution in [3.05, 3.63) is 24.3 Å². The molecule has 3 rings (SSSR count). The highest BCUT2D eigenvalue weighted by molar-refractivity contribution is 7.89. The van der Waals surface area contributed by atoms with Gasteiger partial charge in [0.2, 0.25) is 21.8 Å². The molecular weight excluding hydrogens is 396 g/mol. The second-order valence-electron chi connectivity index (χ2n) is 7.32. The first-order chi connectivity index (χ1) is 13.8. The van der Waals surface area contributed by atoms with Crippen LogP contribution in [-0.2, 0) is 19.6 Å². The molecule has 1 aromatic carbocycles. The number of nitrogens with one attached hydrogen (secondary N) is 1. The van der Waals surface area contributed by atoms with Crippen molar-refractivity contribution < 1.29 is 22.8 Å². The molecule has 1 aromatic rings. The summed E-state index contributed by atoms with van der Waals surface area (Å²) < 4.78 is 26.8. The van der Waals surface area contributed by atoms with E-state index in [0.717, 1.165) is 24.2 Å². The summed E-state index contributed by atoms with van der Waals surface area (Å²) in [4.78, 5) is 38.3. The summed E-state index contributed by atoms with van der Waals surface area (Å²) in [5, 5.41) is 2.71. The lowest BCUT2D eigenvalue weighted by Crippen LogP contribution is -2.35. The summed E-state index contributed by atoms with van der Waals surface area (Å²) in [6, 6.07) is 5.78. The first-order valence-electron chi connectivity index (χ1n) is 9.74. The van der Waals surface area contributed by atoms with Crippen LogP contribution in [0.1, 0.15) is 32.1 Å². The predicted octanol–water partition coefficient (Wildman–Crippen LogP) is 1.47. The summed E-state index contributed by atoms with van der Waals surface area (Å²) in [7, 11) is -1.94. The van der Waals surface area contributed by atoms with Gasteiger partial charge in [-0.05, 0) is 43.5 Å². The van der Waals surface area contributed by atoms with Crippen LogP contribution in [0.3, 0.4) is 0 Å². The molecule has 2 fully saturated rings. The highest BCUT2D eigenvalue weighted by Crippen LogP contribution is 2.22. The molecule has 4 amide bonds. The van der Waals surface area contributed by atoms with E-state index >= 15 is 0 Å². The van der Waals surface area contributed by atoms with Gasteiger partial charge in [0.1, 0.15) is 6.54 Å². The Balaban J connectivity index is 1.50. The van der Waals surface area contributed by atoms with Gasteiger partial charge in [-0.2, -0.15) is 4.31 Å². The quantitative estimate of drug-likeness (QED) is 0.670. The molecule has 10 heteroatoms. The number of anilines is 1. The molecular formula is C19H26N4O5S. The van der Waals surface area contributed by atoms with E-state index in [0.29, 0.717) is 25.2 Å². The monoisotopic (exact) mass is 422 g/mol. The van der Waals surface area contributed by atoms with Crippen molar-refractivity contribution in [1.29, 1.82) is 0 Å². The summed E-state index contributed by atoms with van der Waals surface area (Å²) in [6.07, 6.45) is 3.30. The van der Waals surface area contributed by atoms with Gasteiger partial charge in [0, 0.05) is 38.8 Å². The second kappa shape index (κ2) is 8.91. The number of hydrogen-bond acceptors (Lipinski definition) is 5.